The van der Waals surface area contributed by atoms with Gasteiger partial charge in [0.2, 0.25) is 5.95 Å². The molecule has 0 bridgehead atoms. The molecule has 0 aliphatic heterocycles. The first-order valence-electron chi connectivity index (χ1n) is 8.11. The van der Waals surface area contributed by atoms with Crippen LogP contribution in [0.5, 0.6) is 0 Å². The molecule has 0 radical (unpaired) electrons. The third kappa shape index (κ3) is 4.76. The van der Waals surface area contributed by atoms with Crippen LogP contribution < -0.4 is 10.2 Å². The van der Waals surface area contributed by atoms with Crippen LogP contribution in [0.1, 0.15) is 29.5 Å². The molecule has 0 spiro atoms. The highest BCUT2D eigenvalue weighted by Gasteiger charge is 2.18. The molecule has 0 aliphatic carbocycles. The van der Waals surface area contributed by atoms with Crippen molar-refractivity contribution in [2.24, 2.45) is 0 Å². The smallest absolute Gasteiger partial charge is 0.277 e. The topological polar surface area (TPSA) is 67.4 Å². The zero-order valence-corrected chi connectivity index (χ0v) is 14.5. The lowest BCUT2D eigenvalue weighted by atomic mass is 10.2. The maximum atomic E-state index is 12.8. The van der Waals surface area contributed by atoms with Gasteiger partial charge in [-0.05, 0) is 38.5 Å². The number of aromatic nitrogens is 2. The molecule has 128 valence electrons. The average molecular weight is 328 g/mol. The third-order valence-corrected chi connectivity index (χ3v) is 3.51. The van der Waals surface area contributed by atoms with Crippen molar-refractivity contribution < 1.29 is 9.53 Å². The highest BCUT2D eigenvalue weighted by Crippen LogP contribution is 2.16. The van der Waals surface area contributed by atoms with E-state index in [1.54, 1.807) is 18.1 Å². The SMILES string of the molecule is CCN(C(=O)c1cc(C)nc(NCCCOC)n1)c1ccccc1. The zero-order chi connectivity index (χ0) is 17.4. The van der Waals surface area contributed by atoms with Gasteiger partial charge in [0.05, 0.1) is 0 Å². The fraction of sp³-hybridized carbons (Fsp3) is 0.389. The quantitative estimate of drug-likeness (QED) is 0.755. The molecular weight excluding hydrogens is 304 g/mol. The molecular formula is C18H24N4O2. The molecule has 6 heteroatoms. The predicted octanol–water partition coefficient (Wildman–Crippen LogP) is 2.90. The van der Waals surface area contributed by atoms with Gasteiger partial charge in [0.1, 0.15) is 5.69 Å². The first-order valence-corrected chi connectivity index (χ1v) is 8.11. The Balaban J connectivity index is 2.17. The van der Waals surface area contributed by atoms with Gasteiger partial charge in [-0.15, -0.1) is 0 Å². The van der Waals surface area contributed by atoms with Crippen molar-refractivity contribution in [3.63, 3.8) is 0 Å². The minimum Gasteiger partial charge on any atom is -0.385 e. The van der Waals surface area contributed by atoms with E-state index in [9.17, 15) is 4.79 Å². The second kappa shape index (κ2) is 8.98. The molecule has 1 aromatic carbocycles. The van der Waals surface area contributed by atoms with Crippen LogP contribution >= 0.6 is 0 Å². The number of nitrogens with zero attached hydrogens (tertiary/aromatic N) is 3. The third-order valence-electron chi connectivity index (χ3n) is 3.51. The number of anilines is 2. The second-order valence-electron chi connectivity index (χ2n) is 5.38. The Bertz CT molecular complexity index is 661. The van der Waals surface area contributed by atoms with E-state index in [1.165, 1.54) is 0 Å². The van der Waals surface area contributed by atoms with Gasteiger partial charge in [0.25, 0.3) is 5.91 Å². The molecule has 2 aromatic rings. The molecule has 0 saturated carbocycles. The van der Waals surface area contributed by atoms with Crippen LogP contribution in [0.2, 0.25) is 0 Å². The van der Waals surface area contributed by atoms with Gasteiger partial charge < -0.3 is 15.0 Å². The summed E-state index contributed by atoms with van der Waals surface area (Å²) in [4.78, 5) is 23.3. The maximum Gasteiger partial charge on any atom is 0.277 e. The lowest BCUT2D eigenvalue weighted by molar-refractivity contribution is 0.0983. The zero-order valence-electron chi connectivity index (χ0n) is 14.5. The van der Waals surface area contributed by atoms with E-state index in [1.807, 2.05) is 44.2 Å². The number of hydrogen-bond acceptors (Lipinski definition) is 5. The van der Waals surface area contributed by atoms with Crippen LogP contribution in [0.4, 0.5) is 11.6 Å². The molecule has 1 aromatic heterocycles. The Morgan fingerprint density at radius 3 is 2.67 bits per heavy atom. The van der Waals surface area contributed by atoms with E-state index < -0.39 is 0 Å². The van der Waals surface area contributed by atoms with E-state index in [-0.39, 0.29) is 5.91 Å². The van der Waals surface area contributed by atoms with Crippen molar-refractivity contribution in [3.05, 3.63) is 47.8 Å². The minimum atomic E-state index is -0.130. The number of aryl methyl sites for hydroxylation is 1. The van der Waals surface area contributed by atoms with Crippen LogP contribution in [0.25, 0.3) is 0 Å². The summed E-state index contributed by atoms with van der Waals surface area (Å²) >= 11 is 0. The molecule has 0 aliphatic rings. The summed E-state index contributed by atoms with van der Waals surface area (Å²) in [5, 5.41) is 3.14. The normalized spacial score (nSPS) is 10.5. The molecule has 0 unspecified atom stereocenters. The summed E-state index contributed by atoms with van der Waals surface area (Å²) < 4.78 is 5.02. The molecule has 0 saturated heterocycles. The number of hydrogen-bond donors (Lipinski definition) is 1. The molecule has 24 heavy (non-hydrogen) atoms. The number of para-hydroxylation sites is 1. The van der Waals surface area contributed by atoms with Crippen LogP contribution in [0, 0.1) is 6.92 Å². The van der Waals surface area contributed by atoms with Gasteiger partial charge in [0.15, 0.2) is 0 Å². The number of rotatable bonds is 8. The van der Waals surface area contributed by atoms with Crippen molar-refractivity contribution >= 4 is 17.5 Å². The van der Waals surface area contributed by atoms with Crippen molar-refractivity contribution in [1.29, 1.82) is 0 Å². The predicted molar refractivity (Wildman–Crippen MR) is 95.5 cm³/mol. The first kappa shape index (κ1) is 17.9. The van der Waals surface area contributed by atoms with Gasteiger partial charge >= 0.3 is 0 Å². The summed E-state index contributed by atoms with van der Waals surface area (Å²) in [5.41, 5.74) is 2.00. The number of carbonyl (C=O) groups excluding carboxylic acids is 1. The summed E-state index contributed by atoms with van der Waals surface area (Å²) in [7, 11) is 1.67. The number of ether oxygens (including phenoxy) is 1. The first-order chi connectivity index (χ1) is 11.7. The monoisotopic (exact) mass is 328 g/mol. The lowest BCUT2D eigenvalue weighted by Crippen LogP contribution is -2.31. The van der Waals surface area contributed by atoms with Crippen LogP contribution in [-0.4, -0.2) is 42.7 Å². The van der Waals surface area contributed by atoms with Crippen molar-refractivity contribution in [2.45, 2.75) is 20.3 Å². The summed E-state index contributed by atoms with van der Waals surface area (Å²) in [6.07, 6.45) is 0.849. The molecule has 6 nitrogen and oxygen atoms in total. The summed E-state index contributed by atoms with van der Waals surface area (Å²) in [6.45, 7) is 5.74. The molecule has 1 amide bonds. The van der Waals surface area contributed by atoms with Gasteiger partial charge in [-0.3, -0.25) is 4.79 Å². The number of carbonyl (C=O) groups is 1. The highest BCUT2D eigenvalue weighted by atomic mass is 16.5. The second-order valence-corrected chi connectivity index (χ2v) is 5.38. The van der Waals surface area contributed by atoms with Crippen molar-refractivity contribution in [2.75, 3.05) is 37.0 Å². The number of methoxy groups -OCH3 is 1. The standard InChI is InChI=1S/C18H24N4O2/c1-4-22(15-9-6-5-7-10-15)17(23)16-13-14(2)20-18(21-16)19-11-8-12-24-3/h5-7,9-10,13H,4,8,11-12H2,1-3H3,(H,19,20,21). The van der Waals surface area contributed by atoms with Gasteiger partial charge in [-0.2, -0.15) is 0 Å². The average Bonchev–Trinajstić information content (AvgIpc) is 2.60. The van der Waals surface area contributed by atoms with Gasteiger partial charge in [0, 0.05) is 38.2 Å². The number of amides is 1. The summed E-state index contributed by atoms with van der Waals surface area (Å²) in [5.74, 6) is 0.340. The Morgan fingerprint density at radius 2 is 2.00 bits per heavy atom. The largest absolute Gasteiger partial charge is 0.385 e. The maximum absolute atomic E-state index is 12.8. The van der Waals surface area contributed by atoms with Crippen molar-refractivity contribution in [1.82, 2.24) is 9.97 Å². The van der Waals surface area contributed by atoms with E-state index in [4.69, 9.17) is 4.74 Å². The van der Waals surface area contributed by atoms with E-state index in [0.717, 1.165) is 17.8 Å². The van der Waals surface area contributed by atoms with E-state index in [2.05, 4.69) is 15.3 Å². The highest BCUT2D eigenvalue weighted by molar-refractivity contribution is 6.04. The van der Waals surface area contributed by atoms with Gasteiger partial charge in [-0.25, -0.2) is 9.97 Å². The van der Waals surface area contributed by atoms with Crippen LogP contribution in [0.3, 0.4) is 0 Å². The Hall–Kier alpha value is -2.47. The molecule has 0 atom stereocenters. The van der Waals surface area contributed by atoms with E-state index >= 15 is 0 Å². The molecule has 2 rings (SSSR count). The Morgan fingerprint density at radius 1 is 1.25 bits per heavy atom. The number of benzene rings is 1. The van der Waals surface area contributed by atoms with Crippen LogP contribution in [-0.2, 0) is 4.74 Å². The molecule has 1 heterocycles. The lowest BCUT2D eigenvalue weighted by Gasteiger charge is -2.21. The Labute approximate surface area is 142 Å². The molecule has 1 N–H and O–H groups in total. The minimum absolute atomic E-state index is 0.130. The van der Waals surface area contributed by atoms with Crippen molar-refractivity contribution in [3.8, 4) is 0 Å². The fourth-order valence-corrected chi connectivity index (χ4v) is 2.36. The number of nitrogens with one attached hydrogen (secondary N) is 1. The van der Waals surface area contributed by atoms with Gasteiger partial charge in [-0.1, -0.05) is 18.2 Å². The Kier molecular flexibility index (Phi) is 6.69. The van der Waals surface area contributed by atoms with Crippen LogP contribution in [0.15, 0.2) is 36.4 Å². The van der Waals surface area contributed by atoms with E-state index in [0.29, 0.717) is 31.3 Å². The molecule has 0 fully saturated rings. The fourth-order valence-electron chi connectivity index (χ4n) is 2.36. The summed E-state index contributed by atoms with van der Waals surface area (Å²) in [6, 6.07) is 11.3.